The molecule has 78 valence electrons. The molecule has 0 aromatic rings. The summed E-state index contributed by atoms with van der Waals surface area (Å²) in [6.07, 6.45) is 6.34. The summed E-state index contributed by atoms with van der Waals surface area (Å²) in [5.74, 6) is -0.0250. The van der Waals surface area contributed by atoms with E-state index in [0.29, 0.717) is 6.42 Å². The summed E-state index contributed by atoms with van der Waals surface area (Å²) in [5.41, 5.74) is 2.30. The summed E-state index contributed by atoms with van der Waals surface area (Å²) in [4.78, 5) is 15.4. The third-order valence-corrected chi connectivity index (χ3v) is 2.31. The lowest BCUT2D eigenvalue weighted by atomic mass is 10.1. The molecule has 0 aromatic heterocycles. The maximum Gasteiger partial charge on any atom is 0.243 e. The topological polar surface area (TPSA) is 38.3 Å². The van der Waals surface area contributed by atoms with E-state index in [0.717, 1.165) is 18.2 Å². The molecule has 0 unspecified atom stereocenters. The molecular formula is C9H18BrNO2. The van der Waals surface area contributed by atoms with Crippen LogP contribution in [0.4, 0.5) is 0 Å². The number of hydroxylamine groups is 1. The predicted octanol–water partition coefficient (Wildman–Crippen LogP) is 2.40. The van der Waals surface area contributed by atoms with E-state index in [9.17, 15) is 4.79 Å². The SMILES string of the molecule is CONC(=O)CCCCCCCBr. The Bertz CT molecular complexity index is 131. The molecule has 0 radical (unpaired) electrons. The first-order chi connectivity index (χ1) is 6.31. The number of carbonyl (C=O) groups excluding carboxylic acids is 1. The standard InChI is InChI=1S/C9H18BrNO2/c1-13-11-9(12)7-5-3-2-4-6-8-10/h2-8H2,1H3,(H,11,12). The number of nitrogens with one attached hydrogen (secondary N) is 1. The number of halogens is 1. The summed E-state index contributed by atoms with van der Waals surface area (Å²) >= 11 is 3.38. The van der Waals surface area contributed by atoms with Crippen LogP contribution in [0.5, 0.6) is 0 Å². The van der Waals surface area contributed by atoms with Crippen LogP contribution in [0.1, 0.15) is 38.5 Å². The van der Waals surface area contributed by atoms with E-state index in [4.69, 9.17) is 0 Å². The fourth-order valence-corrected chi connectivity index (χ4v) is 1.47. The molecule has 0 heterocycles. The first kappa shape index (κ1) is 12.9. The summed E-state index contributed by atoms with van der Waals surface area (Å²) in [6.45, 7) is 0. The highest BCUT2D eigenvalue weighted by atomic mass is 79.9. The van der Waals surface area contributed by atoms with E-state index >= 15 is 0 Å². The molecule has 0 aliphatic heterocycles. The van der Waals surface area contributed by atoms with E-state index in [1.165, 1.54) is 26.4 Å². The van der Waals surface area contributed by atoms with Gasteiger partial charge >= 0.3 is 0 Å². The molecule has 0 aliphatic carbocycles. The van der Waals surface area contributed by atoms with Gasteiger partial charge in [0.25, 0.3) is 0 Å². The fraction of sp³-hybridized carbons (Fsp3) is 0.889. The molecule has 0 spiro atoms. The summed E-state index contributed by atoms with van der Waals surface area (Å²) < 4.78 is 0. The van der Waals surface area contributed by atoms with Crippen LogP contribution in [-0.2, 0) is 9.63 Å². The van der Waals surface area contributed by atoms with Gasteiger partial charge in [0.15, 0.2) is 0 Å². The molecule has 13 heavy (non-hydrogen) atoms. The molecule has 1 N–H and O–H groups in total. The summed E-state index contributed by atoms with van der Waals surface area (Å²) in [7, 11) is 1.45. The molecule has 3 nitrogen and oxygen atoms in total. The Morgan fingerprint density at radius 3 is 2.46 bits per heavy atom. The van der Waals surface area contributed by atoms with Crippen LogP contribution in [0, 0.1) is 0 Å². The van der Waals surface area contributed by atoms with Gasteiger partial charge in [-0.2, -0.15) is 0 Å². The Morgan fingerprint density at radius 1 is 1.23 bits per heavy atom. The minimum atomic E-state index is -0.0250. The van der Waals surface area contributed by atoms with Crippen LogP contribution in [0.3, 0.4) is 0 Å². The highest BCUT2D eigenvalue weighted by Crippen LogP contribution is 2.06. The molecule has 0 aromatic carbocycles. The van der Waals surface area contributed by atoms with Crippen molar-refractivity contribution in [3.05, 3.63) is 0 Å². The van der Waals surface area contributed by atoms with Gasteiger partial charge in [0.05, 0.1) is 7.11 Å². The van der Waals surface area contributed by atoms with Crippen LogP contribution in [-0.4, -0.2) is 18.3 Å². The Hall–Kier alpha value is -0.0900. The number of unbranched alkanes of at least 4 members (excludes halogenated alkanes) is 4. The molecule has 0 saturated carbocycles. The van der Waals surface area contributed by atoms with Gasteiger partial charge in [0, 0.05) is 11.8 Å². The van der Waals surface area contributed by atoms with Crippen molar-refractivity contribution in [3.63, 3.8) is 0 Å². The van der Waals surface area contributed by atoms with E-state index in [2.05, 4.69) is 26.2 Å². The van der Waals surface area contributed by atoms with Gasteiger partial charge in [-0.25, -0.2) is 5.48 Å². The Labute approximate surface area is 88.3 Å². The minimum absolute atomic E-state index is 0.0250. The average Bonchev–Trinajstić information content (AvgIpc) is 2.11. The first-order valence-corrected chi connectivity index (χ1v) is 5.81. The average molecular weight is 252 g/mol. The van der Waals surface area contributed by atoms with E-state index in [-0.39, 0.29) is 5.91 Å². The van der Waals surface area contributed by atoms with Crippen molar-refractivity contribution in [2.24, 2.45) is 0 Å². The second kappa shape index (κ2) is 9.99. The number of rotatable bonds is 8. The Morgan fingerprint density at radius 2 is 1.85 bits per heavy atom. The van der Waals surface area contributed by atoms with Gasteiger partial charge in [0.1, 0.15) is 0 Å². The van der Waals surface area contributed by atoms with E-state index in [1.807, 2.05) is 0 Å². The zero-order valence-corrected chi connectivity index (χ0v) is 9.73. The molecule has 0 atom stereocenters. The fourth-order valence-electron chi connectivity index (χ4n) is 1.08. The number of amides is 1. The van der Waals surface area contributed by atoms with Crippen molar-refractivity contribution >= 4 is 21.8 Å². The Balaban J connectivity index is 3.02. The monoisotopic (exact) mass is 251 g/mol. The second-order valence-corrected chi connectivity index (χ2v) is 3.73. The molecule has 4 heteroatoms. The predicted molar refractivity (Wildman–Crippen MR) is 56.6 cm³/mol. The lowest BCUT2D eigenvalue weighted by Crippen LogP contribution is -2.21. The van der Waals surface area contributed by atoms with E-state index < -0.39 is 0 Å². The van der Waals surface area contributed by atoms with Crippen LogP contribution in [0.15, 0.2) is 0 Å². The smallest absolute Gasteiger partial charge is 0.243 e. The van der Waals surface area contributed by atoms with Crippen molar-refractivity contribution in [2.75, 3.05) is 12.4 Å². The summed E-state index contributed by atoms with van der Waals surface area (Å²) in [6, 6.07) is 0. The van der Waals surface area contributed by atoms with Gasteiger partial charge in [0.2, 0.25) is 5.91 Å². The number of hydrogen-bond donors (Lipinski definition) is 1. The third-order valence-electron chi connectivity index (χ3n) is 1.75. The number of hydrogen-bond acceptors (Lipinski definition) is 2. The zero-order chi connectivity index (χ0) is 9.94. The normalized spacial score (nSPS) is 10.0. The molecule has 0 bridgehead atoms. The van der Waals surface area contributed by atoms with Gasteiger partial charge in [-0.3, -0.25) is 9.63 Å². The lowest BCUT2D eigenvalue weighted by Gasteiger charge is -2.01. The third kappa shape index (κ3) is 9.83. The number of alkyl halides is 1. The molecule has 0 saturated heterocycles. The molecule has 0 rings (SSSR count). The van der Waals surface area contributed by atoms with Crippen LogP contribution < -0.4 is 5.48 Å². The Kier molecular flexibility index (Phi) is 9.92. The molecule has 0 aliphatic rings. The van der Waals surface area contributed by atoms with Crippen molar-refractivity contribution in [1.29, 1.82) is 0 Å². The quantitative estimate of drug-likeness (QED) is 0.409. The van der Waals surface area contributed by atoms with Gasteiger partial charge < -0.3 is 0 Å². The van der Waals surface area contributed by atoms with Crippen molar-refractivity contribution in [3.8, 4) is 0 Å². The van der Waals surface area contributed by atoms with Crippen LogP contribution >= 0.6 is 15.9 Å². The number of carbonyl (C=O) groups is 1. The van der Waals surface area contributed by atoms with E-state index in [1.54, 1.807) is 0 Å². The van der Waals surface area contributed by atoms with Gasteiger partial charge in [-0.1, -0.05) is 35.2 Å². The zero-order valence-electron chi connectivity index (χ0n) is 8.14. The van der Waals surface area contributed by atoms with Crippen molar-refractivity contribution in [1.82, 2.24) is 5.48 Å². The molecule has 0 fully saturated rings. The maximum atomic E-state index is 10.9. The van der Waals surface area contributed by atoms with Crippen molar-refractivity contribution in [2.45, 2.75) is 38.5 Å². The first-order valence-electron chi connectivity index (χ1n) is 4.69. The largest absolute Gasteiger partial charge is 0.277 e. The maximum absolute atomic E-state index is 10.9. The summed E-state index contributed by atoms with van der Waals surface area (Å²) in [5, 5.41) is 1.08. The van der Waals surface area contributed by atoms with Crippen molar-refractivity contribution < 1.29 is 9.63 Å². The van der Waals surface area contributed by atoms with Crippen LogP contribution in [0.2, 0.25) is 0 Å². The highest BCUT2D eigenvalue weighted by molar-refractivity contribution is 9.09. The minimum Gasteiger partial charge on any atom is -0.277 e. The lowest BCUT2D eigenvalue weighted by molar-refractivity contribution is -0.131. The van der Waals surface area contributed by atoms with Crippen LogP contribution in [0.25, 0.3) is 0 Å². The van der Waals surface area contributed by atoms with Gasteiger partial charge in [-0.05, 0) is 12.8 Å². The van der Waals surface area contributed by atoms with Gasteiger partial charge in [-0.15, -0.1) is 0 Å². The molecule has 1 amide bonds. The molecular weight excluding hydrogens is 234 g/mol. The highest BCUT2D eigenvalue weighted by Gasteiger charge is 1.98. The second-order valence-electron chi connectivity index (χ2n) is 2.94.